The zero-order chi connectivity index (χ0) is 5.54. The highest BCUT2D eigenvalue weighted by molar-refractivity contribution is 5.51. The quantitative estimate of drug-likeness (QED) is 0.278. The van der Waals surface area contributed by atoms with Crippen LogP contribution in [0, 0.1) is 0 Å². The van der Waals surface area contributed by atoms with E-state index in [9.17, 15) is 9.59 Å². The van der Waals surface area contributed by atoms with Gasteiger partial charge in [0.1, 0.15) is 12.9 Å². The van der Waals surface area contributed by atoms with E-state index in [1.54, 1.807) is 0 Å². The first-order valence-corrected chi connectivity index (χ1v) is 1.66. The second-order valence-corrected chi connectivity index (χ2v) is 0.713. The fourth-order valence-corrected chi connectivity index (χ4v) is 0.116. The minimum atomic E-state index is -0.0985. The number of hydrogen-bond donors (Lipinski definition) is 1. The average Bonchev–Trinajstić information content (AvgIpc) is 1.69. The summed E-state index contributed by atoms with van der Waals surface area (Å²) in [4.78, 5) is 22.9. The maximum absolute atomic E-state index is 9.40. The standard InChI is InChI=1S/C3H5NO3/c5-1-2-7-4-3-6/h1,3H,2H2,(H,4,6). The number of amides is 1. The van der Waals surface area contributed by atoms with E-state index in [2.05, 4.69) is 4.84 Å². The topological polar surface area (TPSA) is 55.4 Å². The minimum Gasteiger partial charge on any atom is -0.301 e. The maximum Gasteiger partial charge on any atom is 0.230 e. The van der Waals surface area contributed by atoms with Gasteiger partial charge in [0.2, 0.25) is 6.41 Å². The van der Waals surface area contributed by atoms with Crippen LogP contribution < -0.4 is 5.48 Å². The molecule has 7 heavy (non-hydrogen) atoms. The Bertz CT molecular complexity index is 55.2. The molecule has 1 amide bonds. The zero-order valence-corrected chi connectivity index (χ0v) is 3.59. The van der Waals surface area contributed by atoms with E-state index < -0.39 is 0 Å². The van der Waals surface area contributed by atoms with E-state index in [0.29, 0.717) is 12.7 Å². The normalized spacial score (nSPS) is 7.43. The molecule has 0 radical (unpaired) electrons. The van der Waals surface area contributed by atoms with Crippen molar-refractivity contribution in [3.05, 3.63) is 0 Å². The van der Waals surface area contributed by atoms with E-state index in [1.807, 2.05) is 5.48 Å². The molecular formula is C3H5NO3. The second-order valence-electron chi connectivity index (χ2n) is 0.713. The molecule has 0 aliphatic rings. The number of hydrogen-bond acceptors (Lipinski definition) is 3. The molecule has 0 spiro atoms. The van der Waals surface area contributed by atoms with Crippen molar-refractivity contribution in [3.63, 3.8) is 0 Å². The van der Waals surface area contributed by atoms with Crippen molar-refractivity contribution in [2.45, 2.75) is 0 Å². The monoisotopic (exact) mass is 103 g/mol. The first kappa shape index (κ1) is 6.10. The van der Waals surface area contributed by atoms with E-state index >= 15 is 0 Å². The van der Waals surface area contributed by atoms with Crippen LogP contribution in [-0.2, 0) is 14.4 Å². The van der Waals surface area contributed by atoms with Crippen LogP contribution >= 0.6 is 0 Å². The van der Waals surface area contributed by atoms with Gasteiger partial charge in [-0.3, -0.25) is 9.63 Å². The number of carbonyl (C=O) groups excluding carboxylic acids is 2. The van der Waals surface area contributed by atoms with Crippen LogP contribution in [-0.4, -0.2) is 19.3 Å². The second kappa shape index (κ2) is 5.10. The van der Waals surface area contributed by atoms with Gasteiger partial charge in [0.05, 0.1) is 0 Å². The summed E-state index contributed by atoms with van der Waals surface area (Å²) in [5, 5.41) is 0. The van der Waals surface area contributed by atoms with Crippen LogP contribution in [0.4, 0.5) is 0 Å². The number of nitrogens with one attached hydrogen (secondary N) is 1. The molecule has 0 heterocycles. The van der Waals surface area contributed by atoms with Gasteiger partial charge in [-0.2, -0.15) is 0 Å². The molecule has 40 valence electrons. The van der Waals surface area contributed by atoms with Crippen LogP contribution in [0.1, 0.15) is 0 Å². The molecule has 0 aromatic rings. The molecule has 0 aromatic carbocycles. The summed E-state index contributed by atoms with van der Waals surface area (Å²) in [5.41, 5.74) is 1.84. The minimum absolute atomic E-state index is 0.0985. The lowest BCUT2D eigenvalue weighted by atomic mass is 10.9. The SMILES string of the molecule is O=CCONC=O. The van der Waals surface area contributed by atoms with Gasteiger partial charge in [0.15, 0.2) is 0 Å². The summed E-state index contributed by atoms with van der Waals surface area (Å²) in [6.45, 7) is -0.0985. The summed E-state index contributed by atoms with van der Waals surface area (Å²) in [7, 11) is 0. The molecule has 0 rings (SSSR count). The molecule has 0 unspecified atom stereocenters. The van der Waals surface area contributed by atoms with Gasteiger partial charge >= 0.3 is 0 Å². The molecular weight excluding hydrogens is 98.0 g/mol. The molecule has 0 aliphatic heterocycles. The van der Waals surface area contributed by atoms with Crippen molar-refractivity contribution >= 4 is 12.7 Å². The summed E-state index contributed by atoms with van der Waals surface area (Å²) >= 11 is 0. The molecule has 0 aliphatic carbocycles. The van der Waals surface area contributed by atoms with Gasteiger partial charge in [0.25, 0.3) is 0 Å². The third-order valence-corrected chi connectivity index (χ3v) is 0.283. The van der Waals surface area contributed by atoms with Crippen molar-refractivity contribution in [2.24, 2.45) is 0 Å². The molecule has 0 bridgehead atoms. The summed E-state index contributed by atoms with van der Waals surface area (Å²) in [6.07, 6.45) is 0.889. The fraction of sp³-hybridized carbons (Fsp3) is 0.333. The highest BCUT2D eigenvalue weighted by atomic mass is 16.6. The smallest absolute Gasteiger partial charge is 0.230 e. The predicted octanol–water partition coefficient (Wildman–Crippen LogP) is -1.14. The van der Waals surface area contributed by atoms with E-state index in [0.717, 1.165) is 0 Å². The van der Waals surface area contributed by atoms with E-state index in [4.69, 9.17) is 0 Å². The van der Waals surface area contributed by atoms with Crippen LogP contribution in [0.5, 0.6) is 0 Å². The summed E-state index contributed by atoms with van der Waals surface area (Å²) < 4.78 is 0. The van der Waals surface area contributed by atoms with E-state index in [1.165, 1.54) is 0 Å². The van der Waals surface area contributed by atoms with Crippen LogP contribution in [0.3, 0.4) is 0 Å². The van der Waals surface area contributed by atoms with Crippen molar-refractivity contribution in [1.82, 2.24) is 5.48 Å². The first-order valence-electron chi connectivity index (χ1n) is 1.66. The van der Waals surface area contributed by atoms with Crippen molar-refractivity contribution in [1.29, 1.82) is 0 Å². The van der Waals surface area contributed by atoms with Gasteiger partial charge < -0.3 is 4.79 Å². The van der Waals surface area contributed by atoms with Gasteiger partial charge in [-0.15, -0.1) is 0 Å². The summed E-state index contributed by atoms with van der Waals surface area (Å²) in [6, 6.07) is 0. The Kier molecular flexibility index (Phi) is 4.44. The van der Waals surface area contributed by atoms with Crippen LogP contribution in [0.15, 0.2) is 0 Å². The Hall–Kier alpha value is -0.900. The Morgan fingerprint density at radius 3 is 2.71 bits per heavy atom. The van der Waals surface area contributed by atoms with Gasteiger partial charge in [-0.1, -0.05) is 0 Å². The largest absolute Gasteiger partial charge is 0.301 e. The van der Waals surface area contributed by atoms with Crippen LogP contribution in [0.2, 0.25) is 0 Å². The average molecular weight is 103 g/mol. The fourth-order valence-electron chi connectivity index (χ4n) is 0.116. The lowest BCUT2D eigenvalue weighted by Crippen LogP contribution is -2.12. The van der Waals surface area contributed by atoms with Crippen molar-refractivity contribution in [3.8, 4) is 0 Å². The van der Waals surface area contributed by atoms with Crippen molar-refractivity contribution in [2.75, 3.05) is 6.61 Å². The molecule has 4 heteroatoms. The zero-order valence-electron chi connectivity index (χ0n) is 3.59. The third-order valence-electron chi connectivity index (χ3n) is 0.283. The molecule has 0 aromatic heterocycles. The Balaban J connectivity index is 2.68. The molecule has 1 N–H and O–H groups in total. The molecule has 0 saturated heterocycles. The predicted molar refractivity (Wildman–Crippen MR) is 21.2 cm³/mol. The first-order chi connectivity index (χ1) is 3.41. The highest BCUT2D eigenvalue weighted by Gasteiger charge is 1.74. The van der Waals surface area contributed by atoms with Crippen molar-refractivity contribution < 1.29 is 14.4 Å². The molecule has 0 saturated carbocycles. The third kappa shape index (κ3) is 5.10. The maximum atomic E-state index is 9.40. The lowest BCUT2D eigenvalue weighted by molar-refractivity contribution is -0.124. The highest BCUT2D eigenvalue weighted by Crippen LogP contribution is 1.52. The van der Waals surface area contributed by atoms with Crippen LogP contribution in [0.25, 0.3) is 0 Å². The molecule has 0 atom stereocenters. The van der Waals surface area contributed by atoms with Gasteiger partial charge in [-0.05, 0) is 0 Å². The Morgan fingerprint density at radius 2 is 2.29 bits per heavy atom. The number of carbonyl (C=O) groups is 2. The van der Waals surface area contributed by atoms with E-state index in [-0.39, 0.29) is 6.61 Å². The molecule has 4 nitrogen and oxygen atoms in total. The van der Waals surface area contributed by atoms with Gasteiger partial charge in [-0.25, -0.2) is 5.48 Å². The lowest BCUT2D eigenvalue weighted by Gasteiger charge is -1.88. The summed E-state index contributed by atoms with van der Waals surface area (Å²) in [5.74, 6) is 0. The number of aldehydes is 1. The Labute approximate surface area is 40.4 Å². The number of rotatable bonds is 4. The molecule has 0 fully saturated rings. The Morgan fingerprint density at radius 1 is 1.57 bits per heavy atom. The number of hydroxylamine groups is 1. The van der Waals surface area contributed by atoms with Gasteiger partial charge in [0, 0.05) is 0 Å².